The Bertz CT molecular complexity index is 798. The first-order valence-corrected chi connectivity index (χ1v) is 25.5. The maximum absolute atomic E-state index is 2.49. The van der Waals surface area contributed by atoms with Crippen LogP contribution in [0.5, 0.6) is 0 Å². The molecular formula is C12H10P5Se2+. The molecule has 0 nitrogen and oxygen atoms in total. The minimum atomic E-state index is -0.843. The van der Waals surface area contributed by atoms with Gasteiger partial charge in [0.2, 0.25) is 0 Å². The van der Waals surface area contributed by atoms with E-state index in [1.807, 2.05) is 0 Å². The first-order chi connectivity index (χ1) is 9.42. The van der Waals surface area contributed by atoms with E-state index in [0.29, 0.717) is 21.8 Å². The average molecular weight is 467 g/mol. The maximum atomic E-state index is 2.49. The van der Waals surface area contributed by atoms with E-state index in [-0.39, 0.29) is 0 Å². The Balaban J connectivity index is 1.87. The first-order valence-electron chi connectivity index (χ1n) is 6.00. The molecule has 19 heavy (non-hydrogen) atoms. The van der Waals surface area contributed by atoms with Crippen molar-refractivity contribution >= 4 is 66.2 Å². The van der Waals surface area contributed by atoms with Crippen LogP contribution in [0.4, 0.5) is 0 Å². The van der Waals surface area contributed by atoms with E-state index in [2.05, 4.69) is 60.7 Å². The van der Waals surface area contributed by atoms with Gasteiger partial charge >= 0.3 is 127 Å². The second kappa shape index (κ2) is 4.55. The van der Waals surface area contributed by atoms with Gasteiger partial charge in [-0.1, -0.05) is 0 Å². The molecule has 0 fully saturated rings. The van der Waals surface area contributed by atoms with Crippen LogP contribution in [-0.4, -0.2) is 27.2 Å². The van der Waals surface area contributed by atoms with Gasteiger partial charge in [0, 0.05) is 0 Å². The Morgan fingerprint density at radius 3 is 1.53 bits per heavy atom. The Morgan fingerprint density at radius 1 is 0.684 bits per heavy atom. The third kappa shape index (κ3) is 1.60. The normalized spacial score (nSPS) is 19.6. The van der Waals surface area contributed by atoms with Crippen LogP contribution in [0.1, 0.15) is 0 Å². The van der Waals surface area contributed by atoms with Gasteiger partial charge < -0.3 is 0 Å². The van der Waals surface area contributed by atoms with Crippen LogP contribution in [0.15, 0.2) is 60.7 Å². The average Bonchev–Trinajstić information content (AvgIpc) is 2.87. The summed E-state index contributed by atoms with van der Waals surface area (Å²) in [7, 11) is 0. The molecule has 0 saturated carbocycles. The van der Waals surface area contributed by atoms with Crippen molar-refractivity contribution in [1.82, 2.24) is 0 Å². The van der Waals surface area contributed by atoms with Crippen LogP contribution >= 0.6 is 28.5 Å². The molecule has 2 aromatic heterocycles. The van der Waals surface area contributed by atoms with Gasteiger partial charge in [0.15, 0.2) is 0 Å². The molecule has 4 heterocycles. The third-order valence-electron chi connectivity index (χ3n) is 3.44. The molecule has 2 atom stereocenters. The van der Waals surface area contributed by atoms with Crippen molar-refractivity contribution < 1.29 is 0 Å². The summed E-state index contributed by atoms with van der Waals surface area (Å²) in [5.41, 5.74) is 0. The SMILES string of the molecule is c1ccc([P+]2(c3ccccc3)p3[se]p4p2p4[se]3)cc1. The molecule has 4 bridgehead atoms. The van der Waals surface area contributed by atoms with Crippen molar-refractivity contribution in [3.05, 3.63) is 60.7 Å². The van der Waals surface area contributed by atoms with Crippen LogP contribution in [0.25, 0.3) is 0 Å². The van der Waals surface area contributed by atoms with Crippen LogP contribution < -0.4 is 10.6 Å². The molecule has 6 rings (SSSR count). The van der Waals surface area contributed by atoms with E-state index >= 15 is 0 Å². The van der Waals surface area contributed by atoms with Gasteiger partial charge in [-0.2, -0.15) is 0 Å². The van der Waals surface area contributed by atoms with E-state index in [9.17, 15) is 0 Å². The van der Waals surface area contributed by atoms with Crippen LogP contribution in [0.3, 0.4) is 0 Å². The molecule has 0 N–H and O–H groups in total. The summed E-state index contributed by atoms with van der Waals surface area (Å²) in [6, 6.07) is 23.5. The monoisotopic (exact) mass is 469 g/mol. The molecule has 7 heteroatoms. The fourth-order valence-corrected chi connectivity index (χ4v) is 297. The zero-order valence-electron chi connectivity index (χ0n) is 9.83. The van der Waals surface area contributed by atoms with Crippen LogP contribution in [0.2, 0.25) is 0 Å². The Labute approximate surface area is 126 Å². The van der Waals surface area contributed by atoms with Gasteiger partial charge in [0.1, 0.15) is 0 Å². The molecule has 2 unspecified atom stereocenters. The van der Waals surface area contributed by atoms with Gasteiger partial charge in [-0.05, 0) is 0 Å². The van der Waals surface area contributed by atoms with E-state index in [4.69, 9.17) is 0 Å². The molecule has 0 amide bonds. The molecule has 0 saturated heterocycles. The number of rotatable bonds is 2. The standard InChI is InChI=1S/C12H10P5Se2/c1-3-7-11(8-4-1)17(12-9-5-2-6-10-12)13-14-15(13)19-16(17)18-14/h1-10H/q+1. The molecule has 4 aromatic rings. The minimum absolute atomic E-state index is 0.490. The fraction of sp³-hybridized carbons (Fsp3) is 0. The van der Waals surface area contributed by atoms with E-state index < -0.39 is 6.64 Å². The molecule has 0 spiro atoms. The van der Waals surface area contributed by atoms with Crippen molar-refractivity contribution in [1.29, 1.82) is 0 Å². The zero-order valence-corrected chi connectivity index (χ0v) is 17.7. The van der Waals surface area contributed by atoms with Crippen molar-refractivity contribution in [3.63, 3.8) is 0 Å². The summed E-state index contributed by atoms with van der Waals surface area (Å²) in [5.74, 6) is 0. The third-order valence-corrected chi connectivity index (χ3v) is 131. The molecule has 94 valence electrons. The predicted molar refractivity (Wildman–Crippen MR) is 98.3 cm³/mol. The molecule has 2 aromatic carbocycles. The van der Waals surface area contributed by atoms with Crippen molar-refractivity contribution in [2.24, 2.45) is 0 Å². The second-order valence-electron chi connectivity index (χ2n) is 4.45. The van der Waals surface area contributed by atoms with Gasteiger partial charge in [0.25, 0.3) is 0 Å². The summed E-state index contributed by atoms with van der Waals surface area (Å²) in [4.78, 5) is 0. The summed E-state index contributed by atoms with van der Waals surface area (Å²) in [6.45, 7) is -0.303. The zero-order chi connectivity index (χ0) is 12.4. The Morgan fingerprint density at radius 2 is 1.16 bits per heavy atom. The quantitative estimate of drug-likeness (QED) is 0.246. The molecule has 0 radical (unpaired) electrons. The van der Waals surface area contributed by atoms with Gasteiger partial charge in [0.05, 0.1) is 0 Å². The van der Waals surface area contributed by atoms with Crippen molar-refractivity contribution in [2.75, 3.05) is 0 Å². The summed E-state index contributed by atoms with van der Waals surface area (Å²) in [6.07, 6.45) is 0. The molecule has 0 aliphatic carbocycles. The predicted octanol–water partition coefficient (Wildman–Crippen LogP) is 5.27. The molecule has 2 aliphatic heterocycles. The Kier molecular flexibility index (Phi) is 3.03. The topological polar surface area (TPSA) is 0 Å². The van der Waals surface area contributed by atoms with Crippen LogP contribution in [-0.2, 0) is 0 Å². The van der Waals surface area contributed by atoms with Gasteiger partial charge in [-0.25, -0.2) is 0 Å². The summed E-state index contributed by atoms with van der Waals surface area (Å²) >= 11 is 2.28. The van der Waals surface area contributed by atoms with E-state index in [0.717, 1.165) is 27.2 Å². The molecule has 2 aliphatic rings. The number of hydrogen-bond donors (Lipinski definition) is 0. The first kappa shape index (κ1) is 12.6. The van der Waals surface area contributed by atoms with Crippen molar-refractivity contribution in [3.8, 4) is 0 Å². The fourth-order valence-electron chi connectivity index (χ4n) is 2.57. The van der Waals surface area contributed by atoms with Gasteiger partial charge in [-0.15, -0.1) is 0 Å². The Hall–Kier alpha value is 1.11. The number of hydrogen-bond acceptors (Lipinski definition) is 0. The second-order valence-corrected chi connectivity index (χ2v) is 58.7. The van der Waals surface area contributed by atoms with Crippen molar-refractivity contribution in [2.45, 2.75) is 0 Å². The van der Waals surface area contributed by atoms with E-state index in [1.165, 1.54) is 0 Å². The van der Waals surface area contributed by atoms with Gasteiger partial charge in [-0.3, -0.25) is 0 Å². The van der Waals surface area contributed by atoms with Crippen LogP contribution in [0, 0.1) is 0 Å². The van der Waals surface area contributed by atoms with E-state index in [1.54, 1.807) is 10.6 Å². The number of benzene rings is 2. The summed E-state index contributed by atoms with van der Waals surface area (Å²) < 4.78 is 0.490. The summed E-state index contributed by atoms with van der Waals surface area (Å²) in [5, 5.41) is 4.96. The molecular weight excluding hydrogens is 457 g/mol.